The van der Waals surface area contributed by atoms with Crippen molar-refractivity contribution in [2.45, 2.75) is 19.4 Å². The van der Waals surface area contributed by atoms with Gasteiger partial charge in [-0.1, -0.05) is 6.92 Å². The maximum atomic E-state index is 9.58. The largest absolute Gasteiger partial charge is 0.464 e. The molecule has 0 aromatic carbocycles. The number of ether oxygens (including phenoxy) is 1. The van der Waals surface area contributed by atoms with E-state index in [4.69, 9.17) is 0 Å². The highest BCUT2D eigenvalue weighted by molar-refractivity contribution is 5.38. The maximum absolute atomic E-state index is 9.58. The summed E-state index contributed by atoms with van der Waals surface area (Å²) in [5.41, 5.74) is 0. The summed E-state index contributed by atoms with van der Waals surface area (Å²) in [6, 6.07) is 0. The molecule has 1 saturated carbocycles. The Morgan fingerprint density at radius 2 is 2.43 bits per heavy atom. The molecule has 1 aliphatic rings. The molecule has 1 rings (SSSR count). The van der Waals surface area contributed by atoms with Gasteiger partial charge in [0.25, 0.3) is 6.47 Å². The minimum atomic E-state index is 0.248. The third-order valence-corrected chi connectivity index (χ3v) is 1.27. The predicted molar refractivity (Wildman–Crippen MR) is 24.7 cm³/mol. The molecule has 0 aliphatic heterocycles. The van der Waals surface area contributed by atoms with Crippen LogP contribution in [0.25, 0.3) is 0 Å². The molecule has 0 amide bonds. The first-order chi connectivity index (χ1) is 3.34. The molecule has 1 fully saturated rings. The molecule has 0 bridgehead atoms. The second kappa shape index (κ2) is 1.52. The Morgan fingerprint density at radius 3 is 2.57 bits per heavy atom. The number of rotatable bonds is 2. The van der Waals surface area contributed by atoms with E-state index in [1.165, 1.54) is 0 Å². The normalized spacial score (nSPS) is 37.3. The summed E-state index contributed by atoms with van der Waals surface area (Å²) in [5.74, 6) is 0.616. The average molecular weight is 100 g/mol. The lowest BCUT2D eigenvalue weighted by Crippen LogP contribution is -1.90. The van der Waals surface area contributed by atoms with Crippen LogP contribution < -0.4 is 0 Å². The van der Waals surface area contributed by atoms with Gasteiger partial charge in [-0.25, -0.2) is 0 Å². The van der Waals surface area contributed by atoms with Crippen molar-refractivity contribution >= 4 is 6.47 Å². The first kappa shape index (κ1) is 4.62. The summed E-state index contributed by atoms with van der Waals surface area (Å²) in [6.07, 6.45) is 1.30. The van der Waals surface area contributed by atoms with Gasteiger partial charge in [0.2, 0.25) is 0 Å². The number of hydrogen-bond acceptors (Lipinski definition) is 2. The Balaban J connectivity index is 2.08. The second-order valence-electron chi connectivity index (χ2n) is 1.98. The van der Waals surface area contributed by atoms with E-state index < -0.39 is 0 Å². The zero-order chi connectivity index (χ0) is 5.28. The van der Waals surface area contributed by atoms with Crippen molar-refractivity contribution in [1.29, 1.82) is 0 Å². The van der Waals surface area contributed by atoms with Crippen molar-refractivity contribution in [2.24, 2.45) is 5.92 Å². The van der Waals surface area contributed by atoms with Crippen LogP contribution in [0.5, 0.6) is 0 Å². The van der Waals surface area contributed by atoms with Crippen molar-refractivity contribution in [1.82, 2.24) is 0 Å². The molecule has 2 heteroatoms. The summed E-state index contributed by atoms with van der Waals surface area (Å²) in [7, 11) is 0. The van der Waals surface area contributed by atoms with Gasteiger partial charge in [-0.2, -0.15) is 0 Å². The van der Waals surface area contributed by atoms with Crippen LogP contribution in [0.1, 0.15) is 13.3 Å². The van der Waals surface area contributed by atoms with Crippen molar-refractivity contribution in [3.63, 3.8) is 0 Å². The van der Waals surface area contributed by atoms with Crippen molar-refractivity contribution in [3.05, 3.63) is 0 Å². The third-order valence-electron chi connectivity index (χ3n) is 1.27. The monoisotopic (exact) mass is 100 g/mol. The van der Waals surface area contributed by atoms with Gasteiger partial charge in [-0.3, -0.25) is 4.79 Å². The number of carbonyl (C=O) groups excluding carboxylic acids is 1. The fraction of sp³-hybridized carbons (Fsp3) is 0.800. The zero-order valence-corrected chi connectivity index (χ0v) is 4.26. The Hall–Kier alpha value is -0.530. The van der Waals surface area contributed by atoms with Gasteiger partial charge in [0.05, 0.1) is 0 Å². The molecular weight excluding hydrogens is 92.1 g/mol. The van der Waals surface area contributed by atoms with E-state index >= 15 is 0 Å². The standard InChI is InChI=1S/C5H8O2/c1-4-2-5(4)7-3-6/h3-5H,2H2,1H3/t4-,5-/m1/s1. The molecule has 2 nitrogen and oxygen atoms in total. The van der Waals surface area contributed by atoms with Crippen LogP contribution in [-0.4, -0.2) is 12.6 Å². The van der Waals surface area contributed by atoms with Gasteiger partial charge in [0, 0.05) is 0 Å². The lowest BCUT2D eigenvalue weighted by Gasteiger charge is -1.87. The van der Waals surface area contributed by atoms with E-state index in [1.807, 2.05) is 0 Å². The molecule has 40 valence electrons. The zero-order valence-electron chi connectivity index (χ0n) is 4.26. The van der Waals surface area contributed by atoms with Gasteiger partial charge < -0.3 is 4.74 Å². The van der Waals surface area contributed by atoms with Crippen molar-refractivity contribution in [2.75, 3.05) is 0 Å². The Kier molecular flexibility index (Phi) is 1.01. The minimum absolute atomic E-state index is 0.248. The fourth-order valence-electron chi connectivity index (χ4n) is 0.549. The van der Waals surface area contributed by atoms with E-state index in [-0.39, 0.29) is 6.10 Å². The first-order valence-corrected chi connectivity index (χ1v) is 2.43. The van der Waals surface area contributed by atoms with Crippen LogP contribution in [0.4, 0.5) is 0 Å². The molecule has 0 aromatic heterocycles. The highest BCUT2D eigenvalue weighted by atomic mass is 16.5. The van der Waals surface area contributed by atoms with E-state index in [1.54, 1.807) is 0 Å². The summed E-state index contributed by atoms with van der Waals surface area (Å²) in [5, 5.41) is 0. The van der Waals surface area contributed by atoms with Crippen LogP contribution in [0, 0.1) is 5.92 Å². The molecule has 2 atom stereocenters. The molecule has 7 heavy (non-hydrogen) atoms. The van der Waals surface area contributed by atoms with Crippen LogP contribution >= 0.6 is 0 Å². The summed E-state index contributed by atoms with van der Waals surface area (Å²) >= 11 is 0. The van der Waals surface area contributed by atoms with Crippen molar-refractivity contribution in [3.8, 4) is 0 Å². The molecule has 0 N–H and O–H groups in total. The summed E-state index contributed by atoms with van der Waals surface area (Å²) < 4.78 is 4.58. The molecule has 0 saturated heterocycles. The SMILES string of the molecule is C[C@@H]1C[C@H]1OC=O. The predicted octanol–water partition coefficient (Wildman–Crippen LogP) is 0.568. The Labute approximate surface area is 42.5 Å². The highest BCUT2D eigenvalue weighted by Crippen LogP contribution is 2.31. The fourth-order valence-corrected chi connectivity index (χ4v) is 0.549. The number of carbonyl (C=O) groups is 1. The molecule has 0 spiro atoms. The molecule has 0 heterocycles. The maximum Gasteiger partial charge on any atom is 0.293 e. The van der Waals surface area contributed by atoms with Crippen LogP contribution in [0.2, 0.25) is 0 Å². The van der Waals surface area contributed by atoms with Gasteiger partial charge >= 0.3 is 0 Å². The molecular formula is C5H8O2. The lowest BCUT2D eigenvalue weighted by molar-refractivity contribution is -0.130. The lowest BCUT2D eigenvalue weighted by atomic mass is 10.5. The van der Waals surface area contributed by atoms with Gasteiger partial charge in [0.15, 0.2) is 0 Å². The van der Waals surface area contributed by atoms with E-state index in [9.17, 15) is 4.79 Å². The van der Waals surface area contributed by atoms with Crippen molar-refractivity contribution < 1.29 is 9.53 Å². The van der Waals surface area contributed by atoms with E-state index in [0.717, 1.165) is 6.42 Å². The second-order valence-corrected chi connectivity index (χ2v) is 1.98. The average Bonchev–Trinajstić information content (AvgIpc) is 2.22. The molecule has 1 aliphatic carbocycles. The summed E-state index contributed by atoms with van der Waals surface area (Å²) in [6.45, 7) is 2.59. The van der Waals surface area contributed by atoms with Gasteiger partial charge in [0.1, 0.15) is 6.10 Å². The summed E-state index contributed by atoms with van der Waals surface area (Å²) in [4.78, 5) is 9.58. The third kappa shape index (κ3) is 0.918. The quantitative estimate of drug-likeness (QED) is 0.474. The smallest absolute Gasteiger partial charge is 0.293 e. The van der Waals surface area contributed by atoms with Crippen LogP contribution in [-0.2, 0) is 9.53 Å². The minimum Gasteiger partial charge on any atom is -0.464 e. The Morgan fingerprint density at radius 1 is 1.86 bits per heavy atom. The number of hydrogen-bond donors (Lipinski definition) is 0. The molecule has 0 unspecified atom stereocenters. The van der Waals surface area contributed by atoms with Gasteiger partial charge in [-0.05, 0) is 12.3 Å². The van der Waals surface area contributed by atoms with Crippen LogP contribution in [0.3, 0.4) is 0 Å². The molecule has 0 aromatic rings. The Bertz CT molecular complexity index is 80.1. The molecule has 0 radical (unpaired) electrons. The van der Waals surface area contributed by atoms with Crippen LogP contribution in [0.15, 0.2) is 0 Å². The van der Waals surface area contributed by atoms with E-state index in [2.05, 4.69) is 11.7 Å². The topological polar surface area (TPSA) is 26.3 Å². The highest BCUT2D eigenvalue weighted by Gasteiger charge is 2.34. The van der Waals surface area contributed by atoms with Gasteiger partial charge in [-0.15, -0.1) is 0 Å². The van der Waals surface area contributed by atoms with E-state index in [0.29, 0.717) is 12.4 Å². The first-order valence-electron chi connectivity index (χ1n) is 2.43.